The van der Waals surface area contributed by atoms with Gasteiger partial charge in [0.2, 0.25) is 0 Å². The highest BCUT2D eigenvalue weighted by atomic mass is 127. The Morgan fingerprint density at radius 1 is 1.08 bits per heavy atom. The van der Waals surface area contributed by atoms with Gasteiger partial charge in [-0.15, -0.1) is 24.0 Å². The first-order chi connectivity index (χ1) is 11.7. The van der Waals surface area contributed by atoms with Crippen LogP contribution in [-0.2, 0) is 16.0 Å². The van der Waals surface area contributed by atoms with Crippen LogP contribution in [0.15, 0.2) is 23.2 Å². The summed E-state index contributed by atoms with van der Waals surface area (Å²) in [6.07, 6.45) is 0.941. The minimum atomic E-state index is 0. The van der Waals surface area contributed by atoms with Crippen LogP contribution in [0.25, 0.3) is 0 Å². The topological polar surface area (TPSA) is 64.1 Å². The Bertz CT molecular complexity index is 498. The summed E-state index contributed by atoms with van der Waals surface area (Å²) in [4.78, 5) is 4.64. The van der Waals surface area contributed by atoms with Gasteiger partial charge >= 0.3 is 0 Å². The zero-order chi connectivity index (χ0) is 17.6. The highest BCUT2D eigenvalue weighted by molar-refractivity contribution is 14.0. The molecule has 0 saturated carbocycles. The molecule has 7 heteroatoms. The van der Waals surface area contributed by atoms with E-state index in [-0.39, 0.29) is 24.0 Å². The van der Waals surface area contributed by atoms with E-state index in [4.69, 9.17) is 14.2 Å². The first-order valence-corrected chi connectivity index (χ1v) is 8.43. The Balaban J connectivity index is 0.00000576. The predicted molar refractivity (Wildman–Crippen MR) is 113 cm³/mol. The van der Waals surface area contributed by atoms with Crippen molar-refractivity contribution in [3.8, 4) is 5.75 Å². The lowest BCUT2D eigenvalue weighted by molar-refractivity contribution is 0.145. The number of ether oxygens (including phenoxy) is 3. The van der Waals surface area contributed by atoms with Crippen molar-refractivity contribution in [1.29, 1.82) is 0 Å². The molecule has 1 aromatic rings. The molecule has 25 heavy (non-hydrogen) atoms. The summed E-state index contributed by atoms with van der Waals surface area (Å²) >= 11 is 0. The molecule has 2 N–H and O–H groups in total. The average molecular weight is 465 g/mol. The summed E-state index contributed by atoms with van der Waals surface area (Å²) in [6, 6.07) is 6.18. The van der Waals surface area contributed by atoms with Gasteiger partial charge in [0.25, 0.3) is 0 Å². The minimum Gasteiger partial charge on any atom is -0.491 e. The van der Waals surface area contributed by atoms with Gasteiger partial charge in [-0.3, -0.25) is 0 Å². The molecule has 1 aromatic carbocycles. The van der Waals surface area contributed by atoms with Crippen molar-refractivity contribution in [2.45, 2.75) is 26.8 Å². The highest BCUT2D eigenvalue weighted by Crippen LogP contribution is 2.21. The molecule has 1 rings (SSSR count). The number of hydrogen-bond donors (Lipinski definition) is 2. The van der Waals surface area contributed by atoms with Crippen LogP contribution in [0, 0.1) is 6.92 Å². The Morgan fingerprint density at radius 2 is 1.84 bits per heavy atom. The first-order valence-electron chi connectivity index (χ1n) is 8.43. The molecular weight excluding hydrogens is 433 g/mol. The van der Waals surface area contributed by atoms with Gasteiger partial charge in [-0.05, 0) is 31.9 Å². The number of nitrogens with zero attached hydrogens (tertiary/aromatic N) is 1. The second-order valence-corrected chi connectivity index (χ2v) is 5.42. The second-order valence-electron chi connectivity index (χ2n) is 5.42. The molecule has 0 aliphatic rings. The van der Waals surface area contributed by atoms with E-state index in [0.29, 0.717) is 19.8 Å². The van der Waals surface area contributed by atoms with E-state index in [2.05, 4.69) is 41.6 Å². The molecule has 0 atom stereocenters. The zero-order valence-corrected chi connectivity index (χ0v) is 18.1. The quantitative estimate of drug-likeness (QED) is 0.228. The Hall–Kier alpha value is -1.06. The van der Waals surface area contributed by atoms with Gasteiger partial charge < -0.3 is 24.8 Å². The monoisotopic (exact) mass is 465 g/mol. The van der Waals surface area contributed by atoms with Crippen LogP contribution in [-0.4, -0.2) is 53.1 Å². The molecule has 0 saturated heterocycles. The van der Waals surface area contributed by atoms with Crippen molar-refractivity contribution >= 4 is 29.9 Å². The summed E-state index contributed by atoms with van der Waals surface area (Å²) in [5, 5.41) is 6.56. The van der Waals surface area contributed by atoms with Gasteiger partial charge in [0.05, 0.1) is 13.2 Å². The van der Waals surface area contributed by atoms with E-state index in [1.165, 1.54) is 5.56 Å². The summed E-state index contributed by atoms with van der Waals surface area (Å²) in [7, 11) is 3.38. The van der Waals surface area contributed by atoms with E-state index in [9.17, 15) is 0 Å². The highest BCUT2D eigenvalue weighted by Gasteiger charge is 2.05. The van der Waals surface area contributed by atoms with Crippen LogP contribution in [0.3, 0.4) is 0 Å². The molecule has 0 fully saturated rings. The molecule has 6 nitrogen and oxygen atoms in total. The van der Waals surface area contributed by atoms with Crippen molar-refractivity contribution < 1.29 is 14.2 Å². The van der Waals surface area contributed by atoms with Crippen molar-refractivity contribution in [1.82, 2.24) is 10.6 Å². The molecule has 0 amide bonds. The number of rotatable bonds is 11. The van der Waals surface area contributed by atoms with Crippen LogP contribution < -0.4 is 15.4 Å². The molecular formula is C18H32IN3O3. The lowest BCUT2D eigenvalue weighted by Crippen LogP contribution is -2.38. The average Bonchev–Trinajstić information content (AvgIpc) is 2.58. The molecule has 0 aliphatic heterocycles. The summed E-state index contributed by atoms with van der Waals surface area (Å²) < 4.78 is 15.9. The summed E-state index contributed by atoms with van der Waals surface area (Å²) in [5.74, 6) is 1.67. The minimum absolute atomic E-state index is 0. The van der Waals surface area contributed by atoms with E-state index in [1.54, 1.807) is 14.2 Å². The Labute approximate surface area is 168 Å². The number of halogens is 1. The molecule has 0 unspecified atom stereocenters. The number of methoxy groups -OCH3 is 2. The molecule has 144 valence electrons. The maximum absolute atomic E-state index is 5.81. The van der Waals surface area contributed by atoms with Crippen LogP contribution in [0.1, 0.15) is 24.5 Å². The fourth-order valence-corrected chi connectivity index (χ4v) is 2.09. The fraction of sp³-hybridized carbons (Fsp3) is 0.611. The Kier molecular flexibility index (Phi) is 14.6. The molecule has 0 aliphatic carbocycles. The molecule has 0 spiro atoms. The van der Waals surface area contributed by atoms with E-state index in [0.717, 1.165) is 43.4 Å². The third-order valence-corrected chi connectivity index (χ3v) is 3.34. The second kappa shape index (κ2) is 15.2. The maximum atomic E-state index is 5.81. The molecule has 0 radical (unpaired) electrons. The van der Waals surface area contributed by atoms with Gasteiger partial charge in [0.15, 0.2) is 5.96 Å². The van der Waals surface area contributed by atoms with Crippen LogP contribution in [0.4, 0.5) is 0 Å². The molecule has 0 heterocycles. The van der Waals surface area contributed by atoms with Gasteiger partial charge in [0.1, 0.15) is 12.4 Å². The normalized spacial score (nSPS) is 11.0. The SMILES string of the molecule is CCNC(=NCc1ccc(C)cc1OCCOC)NCCCOC.I. The molecule has 0 bridgehead atoms. The standard InChI is InChI=1S/C18H31N3O3.HI/c1-5-19-18(20-9-6-10-22-3)21-14-16-8-7-15(2)13-17(16)24-12-11-23-4;/h7-8,13H,5-6,9-12,14H2,1-4H3,(H2,19,20,21);1H. The van der Waals surface area contributed by atoms with Crippen molar-refractivity contribution in [3.63, 3.8) is 0 Å². The van der Waals surface area contributed by atoms with E-state index in [1.807, 2.05) is 6.07 Å². The van der Waals surface area contributed by atoms with Crippen molar-refractivity contribution in [2.75, 3.05) is 47.1 Å². The largest absolute Gasteiger partial charge is 0.491 e. The lowest BCUT2D eigenvalue weighted by atomic mass is 10.1. The van der Waals surface area contributed by atoms with Crippen molar-refractivity contribution in [3.05, 3.63) is 29.3 Å². The summed E-state index contributed by atoms with van der Waals surface area (Å²) in [5.41, 5.74) is 2.23. The van der Waals surface area contributed by atoms with Gasteiger partial charge in [-0.25, -0.2) is 4.99 Å². The van der Waals surface area contributed by atoms with Crippen LogP contribution in [0.5, 0.6) is 5.75 Å². The number of benzene rings is 1. The number of aryl methyl sites for hydroxylation is 1. The van der Waals surface area contributed by atoms with E-state index >= 15 is 0 Å². The van der Waals surface area contributed by atoms with Gasteiger partial charge in [-0.2, -0.15) is 0 Å². The Morgan fingerprint density at radius 3 is 2.52 bits per heavy atom. The predicted octanol–water partition coefficient (Wildman–Crippen LogP) is 2.73. The van der Waals surface area contributed by atoms with E-state index < -0.39 is 0 Å². The summed E-state index contributed by atoms with van der Waals surface area (Å²) in [6.45, 7) is 8.15. The third kappa shape index (κ3) is 10.5. The van der Waals surface area contributed by atoms with Gasteiger partial charge in [-0.1, -0.05) is 12.1 Å². The molecule has 0 aromatic heterocycles. The van der Waals surface area contributed by atoms with Crippen molar-refractivity contribution in [2.24, 2.45) is 4.99 Å². The zero-order valence-electron chi connectivity index (χ0n) is 15.8. The smallest absolute Gasteiger partial charge is 0.191 e. The fourth-order valence-electron chi connectivity index (χ4n) is 2.09. The van der Waals surface area contributed by atoms with Crippen LogP contribution in [0.2, 0.25) is 0 Å². The third-order valence-electron chi connectivity index (χ3n) is 3.34. The first kappa shape index (κ1) is 23.9. The number of nitrogens with one attached hydrogen (secondary N) is 2. The van der Waals surface area contributed by atoms with Gasteiger partial charge in [0, 0.05) is 39.5 Å². The maximum Gasteiger partial charge on any atom is 0.191 e. The van der Waals surface area contributed by atoms with Crippen LogP contribution >= 0.6 is 24.0 Å². The number of aliphatic imine (C=N–C) groups is 1. The lowest BCUT2D eigenvalue weighted by Gasteiger charge is -2.13. The number of hydrogen-bond acceptors (Lipinski definition) is 4. The number of guanidine groups is 1.